The van der Waals surface area contributed by atoms with Crippen LogP contribution in [0.3, 0.4) is 0 Å². The Balaban J connectivity index is 1.93. The Labute approximate surface area is 126 Å². The lowest BCUT2D eigenvalue weighted by Gasteiger charge is -2.37. The van der Waals surface area contributed by atoms with Gasteiger partial charge < -0.3 is 15.2 Å². The Morgan fingerprint density at radius 1 is 1.50 bits per heavy atom. The molecule has 0 amide bonds. The Morgan fingerprint density at radius 2 is 2.25 bits per heavy atom. The van der Waals surface area contributed by atoms with E-state index in [1.807, 2.05) is 31.2 Å². The highest BCUT2D eigenvalue weighted by atomic mass is 35.5. The van der Waals surface area contributed by atoms with E-state index in [1.54, 1.807) is 0 Å². The quantitative estimate of drug-likeness (QED) is 0.878. The minimum atomic E-state index is -0.811. The fourth-order valence-corrected chi connectivity index (χ4v) is 3.13. The Bertz CT molecular complexity index is 430. The minimum absolute atomic E-state index is 0.134. The van der Waals surface area contributed by atoms with Crippen molar-refractivity contribution in [3.05, 3.63) is 34.9 Å². The van der Waals surface area contributed by atoms with Crippen molar-refractivity contribution in [1.82, 2.24) is 5.32 Å². The number of hydrogen-bond acceptors (Lipinski definition) is 3. The number of rotatable bonds is 5. The zero-order valence-corrected chi connectivity index (χ0v) is 13.0. The van der Waals surface area contributed by atoms with Gasteiger partial charge in [0.15, 0.2) is 0 Å². The first-order chi connectivity index (χ1) is 9.49. The predicted molar refractivity (Wildman–Crippen MR) is 82.2 cm³/mol. The van der Waals surface area contributed by atoms with Gasteiger partial charge in [-0.25, -0.2) is 0 Å². The van der Waals surface area contributed by atoms with Crippen molar-refractivity contribution < 1.29 is 9.84 Å². The molecule has 3 atom stereocenters. The summed E-state index contributed by atoms with van der Waals surface area (Å²) in [6, 6.07) is 7.90. The first-order valence-corrected chi connectivity index (χ1v) is 7.65. The van der Waals surface area contributed by atoms with Gasteiger partial charge in [-0.2, -0.15) is 0 Å². The van der Waals surface area contributed by atoms with Gasteiger partial charge in [0.25, 0.3) is 0 Å². The molecule has 1 aliphatic heterocycles. The summed E-state index contributed by atoms with van der Waals surface area (Å²) >= 11 is 6.19. The predicted octanol–water partition coefficient (Wildman–Crippen LogP) is 2.65. The van der Waals surface area contributed by atoms with Crippen molar-refractivity contribution in [1.29, 1.82) is 0 Å². The van der Waals surface area contributed by atoms with E-state index in [2.05, 4.69) is 12.2 Å². The Hall–Kier alpha value is -0.610. The first-order valence-electron chi connectivity index (χ1n) is 7.27. The van der Waals surface area contributed by atoms with E-state index in [4.69, 9.17) is 16.3 Å². The second kappa shape index (κ2) is 6.90. The minimum Gasteiger partial charge on any atom is -0.387 e. The number of ether oxygens (including phenoxy) is 1. The summed E-state index contributed by atoms with van der Waals surface area (Å²) in [6.45, 7) is 6.26. The van der Waals surface area contributed by atoms with E-state index in [1.165, 1.54) is 0 Å². The van der Waals surface area contributed by atoms with E-state index < -0.39 is 5.60 Å². The second-order valence-corrected chi connectivity index (χ2v) is 6.43. The van der Waals surface area contributed by atoms with Crippen LogP contribution in [0.5, 0.6) is 0 Å². The van der Waals surface area contributed by atoms with Gasteiger partial charge >= 0.3 is 0 Å². The molecule has 1 aliphatic rings. The number of hydrogen-bond donors (Lipinski definition) is 2. The summed E-state index contributed by atoms with van der Waals surface area (Å²) in [5, 5.41) is 14.7. The molecule has 0 saturated carbocycles. The normalized spacial score (nSPS) is 24.1. The van der Waals surface area contributed by atoms with Gasteiger partial charge in [-0.3, -0.25) is 0 Å². The van der Waals surface area contributed by atoms with Gasteiger partial charge in [0.1, 0.15) is 0 Å². The van der Waals surface area contributed by atoms with Crippen LogP contribution in [0.25, 0.3) is 0 Å². The molecule has 1 aromatic rings. The molecule has 0 radical (unpaired) electrons. The van der Waals surface area contributed by atoms with Crippen LogP contribution in [-0.2, 0) is 11.2 Å². The van der Waals surface area contributed by atoms with Crippen LogP contribution in [0.1, 0.15) is 25.8 Å². The molecule has 3 nitrogen and oxygen atoms in total. The highest BCUT2D eigenvalue weighted by Gasteiger charge is 2.35. The number of morpholine rings is 1. The van der Waals surface area contributed by atoms with Crippen LogP contribution in [-0.4, -0.2) is 36.5 Å². The monoisotopic (exact) mass is 297 g/mol. The lowest BCUT2D eigenvalue weighted by atomic mass is 9.85. The van der Waals surface area contributed by atoms with Crippen LogP contribution in [0.15, 0.2) is 24.3 Å². The molecule has 4 heteroatoms. The lowest BCUT2D eigenvalue weighted by Crippen LogP contribution is -2.52. The van der Waals surface area contributed by atoms with Gasteiger partial charge in [-0.1, -0.05) is 36.7 Å². The molecule has 0 aliphatic carbocycles. The van der Waals surface area contributed by atoms with E-state index in [0.29, 0.717) is 25.5 Å². The molecule has 2 N–H and O–H groups in total. The standard InChI is InChI=1S/C16H24ClNO2/c1-12(9-13-5-3-4-6-14(13)17)10-16(2,19)15-11-18-7-8-20-15/h3-6,12,15,18-19H,7-11H2,1-2H3. The van der Waals surface area contributed by atoms with E-state index >= 15 is 0 Å². The number of aliphatic hydroxyl groups is 1. The van der Waals surface area contributed by atoms with E-state index in [9.17, 15) is 5.11 Å². The molecule has 20 heavy (non-hydrogen) atoms. The molecular formula is C16H24ClNO2. The molecule has 112 valence electrons. The average molecular weight is 298 g/mol. The Kier molecular flexibility index (Phi) is 5.44. The maximum atomic E-state index is 10.7. The van der Waals surface area contributed by atoms with Gasteiger partial charge in [-0.15, -0.1) is 0 Å². The summed E-state index contributed by atoms with van der Waals surface area (Å²) in [7, 11) is 0. The van der Waals surface area contributed by atoms with Crippen molar-refractivity contribution in [2.45, 2.75) is 38.4 Å². The smallest absolute Gasteiger partial charge is 0.0983 e. The van der Waals surface area contributed by atoms with Crippen LogP contribution in [0.4, 0.5) is 0 Å². The largest absolute Gasteiger partial charge is 0.387 e. The van der Waals surface area contributed by atoms with E-state index in [0.717, 1.165) is 23.6 Å². The second-order valence-electron chi connectivity index (χ2n) is 6.03. The summed E-state index contributed by atoms with van der Waals surface area (Å²) < 4.78 is 5.68. The topological polar surface area (TPSA) is 41.5 Å². The zero-order chi connectivity index (χ0) is 14.6. The zero-order valence-electron chi connectivity index (χ0n) is 12.2. The molecule has 2 rings (SSSR count). The lowest BCUT2D eigenvalue weighted by molar-refractivity contribution is -0.118. The summed E-state index contributed by atoms with van der Waals surface area (Å²) in [5.41, 5.74) is 0.328. The fraction of sp³-hybridized carbons (Fsp3) is 0.625. The summed E-state index contributed by atoms with van der Waals surface area (Å²) in [4.78, 5) is 0. The molecule has 0 aromatic heterocycles. The molecule has 0 spiro atoms. The average Bonchev–Trinajstić information content (AvgIpc) is 2.42. The molecular weight excluding hydrogens is 274 g/mol. The SMILES string of the molecule is CC(Cc1ccccc1Cl)CC(C)(O)C1CNCCO1. The molecule has 1 heterocycles. The first kappa shape index (κ1) is 15.8. The number of benzene rings is 1. The molecule has 3 unspecified atom stereocenters. The van der Waals surface area contributed by atoms with Gasteiger partial charge in [0, 0.05) is 18.1 Å². The van der Waals surface area contributed by atoms with E-state index in [-0.39, 0.29) is 6.10 Å². The molecule has 1 aromatic carbocycles. The van der Waals surface area contributed by atoms with Crippen molar-refractivity contribution in [3.63, 3.8) is 0 Å². The Morgan fingerprint density at radius 3 is 2.90 bits per heavy atom. The van der Waals surface area contributed by atoms with Crippen LogP contribution in [0, 0.1) is 5.92 Å². The van der Waals surface area contributed by atoms with Gasteiger partial charge in [0.2, 0.25) is 0 Å². The van der Waals surface area contributed by atoms with Gasteiger partial charge in [-0.05, 0) is 37.3 Å². The highest BCUT2D eigenvalue weighted by molar-refractivity contribution is 6.31. The van der Waals surface area contributed by atoms with Gasteiger partial charge in [0.05, 0.1) is 18.3 Å². The van der Waals surface area contributed by atoms with Crippen LogP contribution in [0.2, 0.25) is 5.02 Å². The number of halogens is 1. The van der Waals surface area contributed by atoms with Crippen LogP contribution < -0.4 is 5.32 Å². The maximum absolute atomic E-state index is 10.7. The molecule has 1 saturated heterocycles. The van der Waals surface area contributed by atoms with Crippen molar-refractivity contribution in [3.8, 4) is 0 Å². The van der Waals surface area contributed by atoms with Crippen molar-refractivity contribution in [2.24, 2.45) is 5.92 Å². The maximum Gasteiger partial charge on any atom is 0.0983 e. The summed E-state index contributed by atoms with van der Waals surface area (Å²) in [6.07, 6.45) is 1.44. The third kappa shape index (κ3) is 4.19. The van der Waals surface area contributed by atoms with Crippen molar-refractivity contribution in [2.75, 3.05) is 19.7 Å². The molecule has 0 bridgehead atoms. The highest BCUT2D eigenvalue weighted by Crippen LogP contribution is 2.27. The fourth-order valence-electron chi connectivity index (χ4n) is 2.91. The third-order valence-electron chi connectivity index (χ3n) is 3.91. The van der Waals surface area contributed by atoms with Crippen LogP contribution >= 0.6 is 11.6 Å². The molecule has 1 fully saturated rings. The van der Waals surface area contributed by atoms with Crippen molar-refractivity contribution >= 4 is 11.6 Å². The summed E-state index contributed by atoms with van der Waals surface area (Å²) in [5.74, 6) is 0.343. The number of nitrogens with one attached hydrogen (secondary N) is 1. The third-order valence-corrected chi connectivity index (χ3v) is 4.28.